The molecule has 0 atom stereocenters. The first-order valence-electron chi connectivity index (χ1n) is 9.18. The van der Waals surface area contributed by atoms with Gasteiger partial charge in [0.1, 0.15) is 5.65 Å². The van der Waals surface area contributed by atoms with Crippen molar-refractivity contribution in [3.8, 4) is 0 Å². The highest BCUT2D eigenvalue weighted by atomic mass is 16.2. The maximum absolute atomic E-state index is 12.4. The summed E-state index contributed by atoms with van der Waals surface area (Å²) in [5.74, 6) is -0.316. The van der Waals surface area contributed by atoms with Crippen molar-refractivity contribution >= 4 is 22.6 Å². The average molecular weight is 381 g/mol. The molecule has 0 spiro atoms. The normalized spacial score (nSPS) is 10.8. The zero-order chi connectivity index (χ0) is 20.1. The lowest BCUT2D eigenvalue weighted by Crippen LogP contribution is -2.34. The van der Waals surface area contributed by atoms with Gasteiger partial charge in [0.15, 0.2) is 0 Å². The Morgan fingerprint density at radius 3 is 2.71 bits per heavy atom. The number of hydrogen-bond donors (Lipinski definition) is 2. The van der Waals surface area contributed by atoms with Crippen molar-refractivity contribution in [2.24, 2.45) is 0 Å². The van der Waals surface area contributed by atoms with Crippen molar-refractivity contribution in [3.05, 3.63) is 69.0 Å². The molecule has 0 saturated carbocycles. The minimum absolute atomic E-state index is 0.224. The standard InChI is InChI=1S/C20H23N5O3/c1-3-10-25-17-16(19(27)23-20(25)28)12-14(13-22-17)18(26)21-9-11-24(2)15-7-5-4-6-8-15/h4-8,12-13H,3,9-11H2,1-2H3,(H,21,26)(H,23,27,28). The highest BCUT2D eigenvalue weighted by Gasteiger charge is 2.13. The average Bonchev–Trinajstić information content (AvgIpc) is 2.71. The Balaban J connectivity index is 1.73. The van der Waals surface area contributed by atoms with E-state index in [1.807, 2.05) is 49.2 Å². The minimum atomic E-state index is -0.543. The summed E-state index contributed by atoms with van der Waals surface area (Å²) >= 11 is 0. The zero-order valence-corrected chi connectivity index (χ0v) is 15.9. The maximum atomic E-state index is 12.4. The molecule has 3 rings (SSSR count). The van der Waals surface area contributed by atoms with Crippen LogP contribution in [0, 0.1) is 0 Å². The summed E-state index contributed by atoms with van der Waals surface area (Å²) in [6.07, 6.45) is 2.11. The summed E-state index contributed by atoms with van der Waals surface area (Å²) in [5, 5.41) is 3.06. The van der Waals surface area contributed by atoms with Crippen LogP contribution in [0.5, 0.6) is 0 Å². The van der Waals surface area contributed by atoms with E-state index in [4.69, 9.17) is 0 Å². The van der Waals surface area contributed by atoms with E-state index >= 15 is 0 Å². The Morgan fingerprint density at radius 2 is 2.00 bits per heavy atom. The first kappa shape index (κ1) is 19.3. The summed E-state index contributed by atoms with van der Waals surface area (Å²) < 4.78 is 1.41. The van der Waals surface area contributed by atoms with Gasteiger partial charge in [-0.05, 0) is 24.6 Å². The molecule has 0 saturated heterocycles. The molecule has 0 unspecified atom stereocenters. The highest BCUT2D eigenvalue weighted by Crippen LogP contribution is 2.10. The first-order chi connectivity index (χ1) is 13.5. The molecule has 8 nitrogen and oxygen atoms in total. The van der Waals surface area contributed by atoms with Gasteiger partial charge in [0.25, 0.3) is 11.5 Å². The van der Waals surface area contributed by atoms with Gasteiger partial charge in [-0.15, -0.1) is 0 Å². The number of amides is 1. The molecule has 0 bridgehead atoms. The van der Waals surface area contributed by atoms with Gasteiger partial charge in [-0.2, -0.15) is 0 Å². The Labute approximate surface area is 161 Å². The number of likely N-dealkylation sites (N-methyl/N-ethyl adjacent to an activating group) is 1. The van der Waals surface area contributed by atoms with Crippen LogP contribution in [0.2, 0.25) is 0 Å². The second kappa shape index (κ2) is 8.51. The number of rotatable bonds is 7. The third-order valence-electron chi connectivity index (χ3n) is 4.47. The number of para-hydroxylation sites is 1. The van der Waals surface area contributed by atoms with Crippen LogP contribution in [0.4, 0.5) is 5.69 Å². The third-order valence-corrected chi connectivity index (χ3v) is 4.47. The number of aryl methyl sites for hydroxylation is 1. The van der Waals surface area contributed by atoms with E-state index in [2.05, 4.69) is 15.3 Å². The van der Waals surface area contributed by atoms with E-state index in [-0.39, 0.29) is 22.5 Å². The van der Waals surface area contributed by atoms with Crippen molar-refractivity contribution in [2.75, 3.05) is 25.0 Å². The molecule has 1 amide bonds. The molecule has 2 N–H and O–H groups in total. The third kappa shape index (κ3) is 4.11. The maximum Gasteiger partial charge on any atom is 0.329 e. The van der Waals surface area contributed by atoms with Crippen LogP contribution in [0.15, 0.2) is 52.2 Å². The molecule has 28 heavy (non-hydrogen) atoms. The molecule has 2 heterocycles. The van der Waals surface area contributed by atoms with E-state index in [9.17, 15) is 14.4 Å². The number of aromatic nitrogens is 3. The molecular weight excluding hydrogens is 358 g/mol. The fourth-order valence-electron chi connectivity index (χ4n) is 2.97. The van der Waals surface area contributed by atoms with Gasteiger partial charge >= 0.3 is 5.69 Å². The summed E-state index contributed by atoms with van der Waals surface area (Å²) in [4.78, 5) is 45.1. The second-order valence-electron chi connectivity index (χ2n) is 6.52. The number of benzene rings is 1. The summed E-state index contributed by atoms with van der Waals surface area (Å²) in [6.45, 7) is 3.44. The molecule has 8 heteroatoms. The van der Waals surface area contributed by atoms with E-state index < -0.39 is 11.2 Å². The number of carbonyl (C=O) groups is 1. The lowest BCUT2D eigenvalue weighted by Gasteiger charge is -2.19. The van der Waals surface area contributed by atoms with E-state index in [0.29, 0.717) is 19.6 Å². The number of H-pyrrole nitrogens is 1. The minimum Gasteiger partial charge on any atom is -0.373 e. The topological polar surface area (TPSA) is 100 Å². The van der Waals surface area contributed by atoms with Crippen LogP contribution in [-0.2, 0) is 6.54 Å². The largest absolute Gasteiger partial charge is 0.373 e. The monoisotopic (exact) mass is 381 g/mol. The summed E-state index contributed by atoms with van der Waals surface area (Å²) in [6, 6.07) is 11.3. The fourth-order valence-corrected chi connectivity index (χ4v) is 2.97. The molecule has 0 aliphatic rings. The van der Waals surface area contributed by atoms with E-state index in [1.54, 1.807) is 0 Å². The van der Waals surface area contributed by atoms with Crippen LogP contribution in [0.25, 0.3) is 11.0 Å². The van der Waals surface area contributed by atoms with Crippen molar-refractivity contribution < 1.29 is 4.79 Å². The van der Waals surface area contributed by atoms with Gasteiger partial charge in [0, 0.05) is 38.6 Å². The van der Waals surface area contributed by atoms with Crippen LogP contribution < -0.4 is 21.5 Å². The summed E-state index contributed by atoms with van der Waals surface area (Å²) in [7, 11) is 1.95. The molecule has 0 fully saturated rings. The first-order valence-corrected chi connectivity index (χ1v) is 9.18. The van der Waals surface area contributed by atoms with Crippen molar-refractivity contribution in [2.45, 2.75) is 19.9 Å². The Kier molecular flexibility index (Phi) is 5.88. The van der Waals surface area contributed by atoms with Gasteiger partial charge in [-0.1, -0.05) is 25.1 Å². The highest BCUT2D eigenvalue weighted by molar-refractivity contribution is 5.96. The SMILES string of the molecule is CCCn1c(=O)[nH]c(=O)c2cc(C(=O)NCCN(C)c3ccccc3)cnc21. The Hall–Kier alpha value is -3.42. The van der Waals surface area contributed by atoms with E-state index in [1.165, 1.54) is 16.8 Å². The summed E-state index contributed by atoms with van der Waals surface area (Å²) in [5.41, 5.74) is 0.592. The molecular formula is C20H23N5O3. The number of nitrogens with zero attached hydrogens (tertiary/aromatic N) is 3. The van der Waals surface area contributed by atoms with Crippen LogP contribution in [0.3, 0.4) is 0 Å². The van der Waals surface area contributed by atoms with Crippen LogP contribution in [-0.4, -0.2) is 40.6 Å². The second-order valence-corrected chi connectivity index (χ2v) is 6.52. The fraction of sp³-hybridized carbons (Fsp3) is 0.300. The number of aromatic amines is 1. The Morgan fingerprint density at radius 1 is 1.25 bits per heavy atom. The predicted molar refractivity (Wildman–Crippen MR) is 109 cm³/mol. The number of pyridine rings is 1. The molecule has 146 valence electrons. The quantitative estimate of drug-likeness (QED) is 0.644. The van der Waals surface area contributed by atoms with Crippen molar-refractivity contribution in [1.82, 2.24) is 19.9 Å². The van der Waals surface area contributed by atoms with Crippen LogP contribution in [0.1, 0.15) is 23.7 Å². The van der Waals surface area contributed by atoms with Gasteiger partial charge in [0.05, 0.1) is 10.9 Å². The molecule has 0 aliphatic carbocycles. The van der Waals surface area contributed by atoms with Crippen LogP contribution >= 0.6 is 0 Å². The van der Waals surface area contributed by atoms with Gasteiger partial charge in [-0.3, -0.25) is 19.1 Å². The van der Waals surface area contributed by atoms with Crippen molar-refractivity contribution in [3.63, 3.8) is 0 Å². The molecule has 0 aliphatic heterocycles. The number of fused-ring (bicyclic) bond motifs is 1. The number of carbonyl (C=O) groups excluding carboxylic acids is 1. The molecule has 0 radical (unpaired) electrons. The molecule has 2 aromatic heterocycles. The Bertz CT molecular complexity index is 1090. The van der Waals surface area contributed by atoms with Gasteiger partial charge < -0.3 is 10.2 Å². The molecule has 1 aromatic carbocycles. The van der Waals surface area contributed by atoms with E-state index in [0.717, 1.165) is 12.1 Å². The number of nitrogens with one attached hydrogen (secondary N) is 2. The van der Waals surface area contributed by atoms with Gasteiger partial charge in [-0.25, -0.2) is 9.78 Å². The lowest BCUT2D eigenvalue weighted by molar-refractivity contribution is 0.0954. The zero-order valence-electron chi connectivity index (χ0n) is 15.9. The molecule has 3 aromatic rings. The lowest BCUT2D eigenvalue weighted by atomic mass is 10.2. The number of anilines is 1. The predicted octanol–water partition coefficient (Wildman–Crippen LogP) is 1.36. The van der Waals surface area contributed by atoms with Crippen molar-refractivity contribution in [1.29, 1.82) is 0 Å². The smallest absolute Gasteiger partial charge is 0.329 e. The number of hydrogen-bond acceptors (Lipinski definition) is 5. The van der Waals surface area contributed by atoms with Gasteiger partial charge in [0.2, 0.25) is 0 Å².